The standard InChI is InChI=1S/C81H54N2/c1-4-18-64-59(13-1)16-11-25-75(64)82-77-23-9-6-20-68(77)70-49-55(35-45-79(70)82)29-27-53-31-37-57(38-32-53)62-41-43-66-67-44-42-63(52-74(67)81(73(66)51-62)48-47-61-15-3-8-22-72(61)81)58-39-33-54(34-40-58)28-30-56-36-46-80-71(50-56)69-21-7-10-24-78(69)83(80)76-26-12-17-60-14-2-5-19-65(60)76/h1-46,49-52H,47-48H2/b29-27+,30-28+. The summed E-state index contributed by atoms with van der Waals surface area (Å²) < 4.78 is 4.85. The Hall–Kier alpha value is -10.5. The minimum absolute atomic E-state index is 0.219. The second kappa shape index (κ2) is 18.8. The van der Waals surface area contributed by atoms with Crippen LogP contribution in [0.4, 0.5) is 0 Å². The summed E-state index contributed by atoms with van der Waals surface area (Å²) in [4.78, 5) is 0. The maximum atomic E-state index is 2.51. The molecule has 2 heteroatoms. The number of hydrogen-bond acceptors (Lipinski definition) is 0. The molecular weight excluding hydrogens is 1000 g/mol. The van der Waals surface area contributed by atoms with E-state index < -0.39 is 0 Å². The van der Waals surface area contributed by atoms with E-state index in [2.05, 4.69) is 312 Å². The number of benzene rings is 13. The Morgan fingerprint density at radius 3 is 1.19 bits per heavy atom. The van der Waals surface area contributed by atoms with Gasteiger partial charge in [-0.3, -0.25) is 0 Å². The average Bonchev–Trinajstić information content (AvgIpc) is 1.86. The Kier molecular flexibility index (Phi) is 10.7. The largest absolute Gasteiger partial charge is 0.309 e. The lowest BCUT2D eigenvalue weighted by molar-refractivity contribution is 0.626. The molecule has 0 bridgehead atoms. The lowest BCUT2D eigenvalue weighted by atomic mass is 9.72. The molecule has 0 saturated carbocycles. The van der Waals surface area contributed by atoms with E-state index >= 15 is 0 Å². The molecule has 0 unspecified atom stereocenters. The molecule has 0 fully saturated rings. The highest BCUT2D eigenvalue weighted by molar-refractivity contribution is 6.13. The van der Waals surface area contributed by atoms with E-state index in [1.807, 2.05) is 0 Å². The number of fused-ring (bicyclic) bond motifs is 15. The topological polar surface area (TPSA) is 9.86 Å². The molecule has 388 valence electrons. The first-order valence-corrected chi connectivity index (χ1v) is 29.1. The second-order valence-corrected chi connectivity index (χ2v) is 22.7. The predicted octanol–water partition coefficient (Wildman–Crippen LogP) is 21.1. The van der Waals surface area contributed by atoms with Gasteiger partial charge in [-0.15, -0.1) is 0 Å². The van der Waals surface area contributed by atoms with Crippen LogP contribution < -0.4 is 0 Å². The van der Waals surface area contributed by atoms with Crippen molar-refractivity contribution >= 4 is 89.5 Å². The molecule has 0 atom stereocenters. The van der Waals surface area contributed by atoms with E-state index in [0.29, 0.717) is 0 Å². The third-order valence-corrected chi connectivity index (χ3v) is 18.3. The normalized spacial score (nSPS) is 13.4. The zero-order valence-corrected chi connectivity index (χ0v) is 45.7. The monoisotopic (exact) mass is 1050 g/mol. The number of nitrogens with zero attached hydrogens (tertiary/aromatic N) is 2. The molecular formula is C81H54N2. The fraction of sp³-hybridized carbons (Fsp3) is 0.0370. The smallest absolute Gasteiger partial charge is 0.0541 e. The van der Waals surface area contributed by atoms with Crippen molar-refractivity contribution in [2.24, 2.45) is 0 Å². The molecule has 2 nitrogen and oxygen atoms in total. The molecule has 2 heterocycles. The van der Waals surface area contributed by atoms with Crippen LogP contribution in [0, 0.1) is 0 Å². The average molecular weight is 1060 g/mol. The van der Waals surface area contributed by atoms with E-state index in [-0.39, 0.29) is 5.41 Å². The third-order valence-electron chi connectivity index (χ3n) is 18.3. The van der Waals surface area contributed by atoms with E-state index in [1.165, 1.54) is 154 Å². The zero-order valence-electron chi connectivity index (χ0n) is 45.7. The number of aromatic nitrogens is 2. The van der Waals surface area contributed by atoms with Gasteiger partial charge in [0.25, 0.3) is 0 Å². The van der Waals surface area contributed by atoms with E-state index in [9.17, 15) is 0 Å². The predicted molar refractivity (Wildman–Crippen MR) is 352 cm³/mol. The molecule has 2 aromatic heterocycles. The fourth-order valence-corrected chi connectivity index (χ4v) is 14.4. The molecule has 2 aliphatic rings. The Balaban J connectivity index is 0.652. The summed E-state index contributed by atoms with van der Waals surface area (Å²) in [6.07, 6.45) is 11.1. The van der Waals surface area contributed by atoms with Crippen molar-refractivity contribution in [1.29, 1.82) is 0 Å². The highest BCUT2D eigenvalue weighted by Crippen LogP contribution is 2.59. The van der Waals surface area contributed by atoms with Crippen molar-refractivity contribution in [3.8, 4) is 44.8 Å². The van der Waals surface area contributed by atoms with Crippen LogP contribution in [-0.2, 0) is 11.8 Å². The summed E-state index contributed by atoms with van der Waals surface area (Å²) in [6, 6.07) is 104. The van der Waals surface area contributed by atoms with Gasteiger partial charge < -0.3 is 9.13 Å². The highest BCUT2D eigenvalue weighted by atomic mass is 15.0. The number of rotatable bonds is 8. The molecule has 0 saturated heterocycles. The zero-order chi connectivity index (χ0) is 54.6. The summed E-state index contributed by atoms with van der Waals surface area (Å²) in [6.45, 7) is 0. The molecule has 2 aliphatic carbocycles. The summed E-state index contributed by atoms with van der Waals surface area (Å²) in [5.41, 5.74) is 25.2. The first kappa shape index (κ1) is 47.3. The minimum atomic E-state index is -0.219. The number of hydrogen-bond donors (Lipinski definition) is 0. The van der Waals surface area contributed by atoms with Crippen LogP contribution in [0.1, 0.15) is 50.9 Å². The molecule has 17 rings (SSSR count). The maximum absolute atomic E-state index is 2.51. The lowest BCUT2D eigenvalue weighted by Gasteiger charge is -2.29. The summed E-state index contributed by atoms with van der Waals surface area (Å²) in [5, 5.41) is 10.0. The Morgan fingerprint density at radius 2 is 0.675 bits per heavy atom. The van der Waals surface area contributed by atoms with Gasteiger partial charge in [0.2, 0.25) is 0 Å². The molecule has 0 amide bonds. The van der Waals surface area contributed by atoms with E-state index in [1.54, 1.807) is 0 Å². The first-order chi connectivity index (χ1) is 41.1. The van der Waals surface area contributed by atoms with Gasteiger partial charge in [0.1, 0.15) is 0 Å². The lowest BCUT2D eigenvalue weighted by Crippen LogP contribution is -2.23. The summed E-state index contributed by atoms with van der Waals surface area (Å²) in [5.74, 6) is 0. The van der Waals surface area contributed by atoms with Gasteiger partial charge in [0.15, 0.2) is 0 Å². The van der Waals surface area contributed by atoms with Gasteiger partial charge in [0, 0.05) is 37.7 Å². The van der Waals surface area contributed by atoms with Gasteiger partial charge in [0.05, 0.1) is 33.4 Å². The van der Waals surface area contributed by atoms with Crippen molar-refractivity contribution in [3.63, 3.8) is 0 Å². The van der Waals surface area contributed by atoms with Crippen LogP contribution in [0.25, 0.3) is 134 Å². The van der Waals surface area contributed by atoms with Gasteiger partial charge in [-0.2, -0.15) is 0 Å². The SMILES string of the molecule is C(=C\c1ccc2c(c1)c1ccccc1n2-c1cccc2ccccc12)/c1ccc(-c2ccc3c(c2)C2(CCc4ccccc42)c2cc(-c4ccc(/C=C/c5ccc6c(c5)c5ccccc5n6-c5cccc6ccccc56)cc4)ccc2-3)cc1. The van der Waals surface area contributed by atoms with Gasteiger partial charge in [-0.05, 0) is 162 Å². The molecule has 0 N–H and O–H groups in total. The molecule has 1 spiro atoms. The highest BCUT2D eigenvalue weighted by Gasteiger charge is 2.48. The molecule has 0 radical (unpaired) electrons. The summed E-state index contributed by atoms with van der Waals surface area (Å²) in [7, 11) is 0. The number of para-hydroxylation sites is 2. The first-order valence-electron chi connectivity index (χ1n) is 29.1. The van der Waals surface area contributed by atoms with Crippen LogP contribution in [0.2, 0.25) is 0 Å². The van der Waals surface area contributed by atoms with Crippen molar-refractivity contribution in [3.05, 3.63) is 324 Å². The van der Waals surface area contributed by atoms with Gasteiger partial charge >= 0.3 is 0 Å². The molecule has 13 aromatic carbocycles. The maximum Gasteiger partial charge on any atom is 0.0541 e. The van der Waals surface area contributed by atoms with Crippen molar-refractivity contribution in [2.75, 3.05) is 0 Å². The van der Waals surface area contributed by atoms with Crippen molar-refractivity contribution in [2.45, 2.75) is 18.3 Å². The van der Waals surface area contributed by atoms with Gasteiger partial charge in [-0.1, -0.05) is 243 Å². The van der Waals surface area contributed by atoms with E-state index in [0.717, 1.165) is 12.8 Å². The van der Waals surface area contributed by atoms with Crippen LogP contribution in [0.15, 0.2) is 279 Å². The van der Waals surface area contributed by atoms with Gasteiger partial charge in [-0.25, -0.2) is 0 Å². The molecule has 15 aromatic rings. The van der Waals surface area contributed by atoms with E-state index in [4.69, 9.17) is 0 Å². The van der Waals surface area contributed by atoms with Crippen LogP contribution in [-0.4, -0.2) is 9.13 Å². The Morgan fingerprint density at radius 1 is 0.277 bits per heavy atom. The van der Waals surface area contributed by atoms with Crippen LogP contribution >= 0.6 is 0 Å². The van der Waals surface area contributed by atoms with Crippen LogP contribution in [0.5, 0.6) is 0 Å². The number of aryl methyl sites for hydroxylation is 1. The molecule has 83 heavy (non-hydrogen) atoms. The quantitative estimate of drug-likeness (QED) is 0.134. The Bertz CT molecular complexity index is 4880. The van der Waals surface area contributed by atoms with Crippen molar-refractivity contribution < 1.29 is 0 Å². The molecule has 0 aliphatic heterocycles. The second-order valence-electron chi connectivity index (χ2n) is 22.7. The van der Waals surface area contributed by atoms with Crippen LogP contribution in [0.3, 0.4) is 0 Å². The van der Waals surface area contributed by atoms with Crippen molar-refractivity contribution in [1.82, 2.24) is 9.13 Å². The third kappa shape index (κ3) is 7.50. The Labute approximate surface area is 482 Å². The fourth-order valence-electron chi connectivity index (χ4n) is 14.4. The summed E-state index contributed by atoms with van der Waals surface area (Å²) >= 11 is 0. The minimum Gasteiger partial charge on any atom is -0.309 e.